The molecule has 0 saturated heterocycles. The molecule has 0 aliphatic rings. The van der Waals surface area contributed by atoms with Crippen molar-refractivity contribution in [1.29, 1.82) is 0 Å². The lowest BCUT2D eigenvalue weighted by atomic mass is 10.00. The van der Waals surface area contributed by atoms with Crippen molar-refractivity contribution < 1.29 is 23.8 Å². The van der Waals surface area contributed by atoms with E-state index in [-0.39, 0.29) is 31.5 Å². The van der Waals surface area contributed by atoms with Crippen LogP contribution in [0.5, 0.6) is 11.5 Å². The second-order valence-corrected chi connectivity index (χ2v) is 9.07. The topological polar surface area (TPSA) is 108 Å². The summed E-state index contributed by atoms with van der Waals surface area (Å²) in [5.41, 5.74) is 1.38. The van der Waals surface area contributed by atoms with E-state index in [1.807, 2.05) is 45.0 Å². The number of carbonyl (C=O) groups is 2. The van der Waals surface area contributed by atoms with E-state index in [2.05, 4.69) is 15.6 Å². The molecule has 0 aliphatic carbocycles. The highest BCUT2D eigenvalue weighted by Crippen LogP contribution is 2.34. The maximum Gasteiger partial charge on any atom is 0.247 e. The van der Waals surface area contributed by atoms with Gasteiger partial charge in [0.1, 0.15) is 29.6 Å². The summed E-state index contributed by atoms with van der Waals surface area (Å²) in [7, 11) is 4.61. The number of ether oxygens (including phenoxy) is 3. The van der Waals surface area contributed by atoms with Gasteiger partial charge in [-0.05, 0) is 51.1 Å². The fourth-order valence-corrected chi connectivity index (χ4v) is 3.78. The van der Waals surface area contributed by atoms with Gasteiger partial charge in [0.15, 0.2) is 0 Å². The first-order chi connectivity index (χ1) is 16.7. The molecule has 3 aromatic rings. The van der Waals surface area contributed by atoms with Gasteiger partial charge in [0.2, 0.25) is 11.8 Å². The molecule has 0 fully saturated rings. The number of aromatic nitrogens is 3. The summed E-state index contributed by atoms with van der Waals surface area (Å²) in [4.78, 5) is 28.9. The first kappa shape index (κ1) is 26.0. The van der Waals surface area contributed by atoms with Crippen LogP contribution >= 0.6 is 0 Å². The second-order valence-electron chi connectivity index (χ2n) is 9.07. The number of rotatable bonds is 10. The van der Waals surface area contributed by atoms with Crippen LogP contribution in [0.15, 0.2) is 42.5 Å². The lowest BCUT2D eigenvalue weighted by molar-refractivity contribution is -0.142. The summed E-state index contributed by atoms with van der Waals surface area (Å²) in [6, 6.07) is 11.6. The van der Waals surface area contributed by atoms with Gasteiger partial charge in [0.05, 0.1) is 26.3 Å². The number of para-hydroxylation sites is 1. The van der Waals surface area contributed by atoms with Crippen molar-refractivity contribution in [1.82, 2.24) is 25.2 Å². The number of methoxy groups -OCH3 is 3. The van der Waals surface area contributed by atoms with Crippen molar-refractivity contribution in [2.24, 2.45) is 0 Å². The van der Waals surface area contributed by atoms with Crippen molar-refractivity contribution >= 4 is 22.8 Å². The van der Waals surface area contributed by atoms with E-state index in [0.717, 1.165) is 5.52 Å². The molecular weight excluding hydrogens is 450 g/mol. The molecule has 35 heavy (non-hydrogen) atoms. The highest BCUT2D eigenvalue weighted by molar-refractivity contribution is 5.90. The summed E-state index contributed by atoms with van der Waals surface area (Å²) in [5.74, 6) is 0.325. The van der Waals surface area contributed by atoms with Gasteiger partial charge in [0, 0.05) is 24.8 Å². The minimum atomic E-state index is -1.00. The Kier molecular flexibility index (Phi) is 8.29. The van der Waals surface area contributed by atoms with E-state index in [0.29, 0.717) is 22.6 Å². The van der Waals surface area contributed by atoms with E-state index in [9.17, 15) is 9.59 Å². The standard InChI is InChI=1S/C25H33N5O5/c1-25(2,3)26-24(32)23(18-15-17(34-5)11-12-21(18)35-6)29(13-14-33-4)22(31)16-30-20-10-8-7-9-19(20)27-28-30/h7-12,15,23H,13-14,16H2,1-6H3,(H,26,32)/t23-/m1/s1. The van der Waals surface area contributed by atoms with Crippen LogP contribution in [0.1, 0.15) is 32.4 Å². The van der Waals surface area contributed by atoms with Crippen molar-refractivity contribution in [3.63, 3.8) is 0 Å². The molecule has 10 nitrogen and oxygen atoms in total. The lowest BCUT2D eigenvalue weighted by Crippen LogP contribution is -2.50. The summed E-state index contributed by atoms with van der Waals surface area (Å²) in [5, 5.41) is 11.3. The Morgan fingerprint density at radius 1 is 1.09 bits per heavy atom. The maximum atomic E-state index is 13.7. The van der Waals surface area contributed by atoms with Crippen LogP contribution in [0.3, 0.4) is 0 Å². The Hall–Kier alpha value is -3.66. The minimum absolute atomic E-state index is 0.101. The normalized spacial score (nSPS) is 12.3. The third-order valence-corrected chi connectivity index (χ3v) is 5.35. The Balaban J connectivity index is 2.08. The monoisotopic (exact) mass is 483 g/mol. The van der Waals surface area contributed by atoms with E-state index >= 15 is 0 Å². The number of amides is 2. The molecule has 3 rings (SSSR count). The van der Waals surface area contributed by atoms with Crippen LogP contribution in [0, 0.1) is 0 Å². The zero-order chi connectivity index (χ0) is 25.6. The highest BCUT2D eigenvalue weighted by atomic mass is 16.5. The summed E-state index contributed by atoms with van der Waals surface area (Å²) in [6.45, 7) is 5.95. The molecule has 0 spiro atoms. The number of benzene rings is 2. The number of hydrogen-bond donors (Lipinski definition) is 1. The first-order valence-electron chi connectivity index (χ1n) is 11.3. The Morgan fingerprint density at radius 2 is 1.83 bits per heavy atom. The van der Waals surface area contributed by atoms with Crippen molar-refractivity contribution in [3.05, 3.63) is 48.0 Å². The predicted octanol–water partition coefficient (Wildman–Crippen LogP) is 2.58. The molecule has 0 aliphatic heterocycles. The van der Waals surface area contributed by atoms with Gasteiger partial charge < -0.3 is 24.4 Å². The quantitative estimate of drug-likeness (QED) is 0.472. The summed E-state index contributed by atoms with van der Waals surface area (Å²) < 4.78 is 17.8. The van der Waals surface area contributed by atoms with E-state index < -0.39 is 11.6 Å². The molecule has 2 amide bonds. The molecule has 1 heterocycles. The van der Waals surface area contributed by atoms with Crippen LogP contribution in [0.4, 0.5) is 0 Å². The number of fused-ring (bicyclic) bond motifs is 1. The largest absolute Gasteiger partial charge is 0.497 e. The van der Waals surface area contributed by atoms with Crippen molar-refractivity contribution in [3.8, 4) is 11.5 Å². The summed E-state index contributed by atoms with van der Waals surface area (Å²) in [6.07, 6.45) is 0. The van der Waals surface area contributed by atoms with Crippen LogP contribution in [0.2, 0.25) is 0 Å². The third-order valence-electron chi connectivity index (χ3n) is 5.35. The number of carbonyl (C=O) groups excluding carboxylic acids is 2. The van der Waals surface area contributed by atoms with Gasteiger partial charge in [0.25, 0.3) is 0 Å². The Bertz CT molecular complexity index is 1170. The molecule has 188 valence electrons. The van der Waals surface area contributed by atoms with Crippen molar-refractivity contribution in [2.75, 3.05) is 34.5 Å². The second kappa shape index (κ2) is 11.2. The lowest BCUT2D eigenvalue weighted by Gasteiger charge is -2.34. The smallest absolute Gasteiger partial charge is 0.247 e. The molecule has 0 radical (unpaired) electrons. The van der Waals surface area contributed by atoms with Crippen LogP contribution in [0.25, 0.3) is 11.0 Å². The summed E-state index contributed by atoms with van der Waals surface area (Å²) >= 11 is 0. The molecule has 1 aromatic heterocycles. The molecule has 10 heteroatoms. The van der Waals surface area contributed by atoms with Gasteiger partial charge >= 0.3 is 0 Å². The van der Waals surface area contributed by atoms with Crippen LogP contribution < -0.4 is 14.8 Å². The molecule has 1 atom stereocenters. The molecule has 0 saturated carbocycles. The maximum absolute atomic E-state index is 13.7. The average molecular weight is 484 g/mol. The molecule has 2 aromatic carbocycles. The highest BCUT2D eigenvalue weighted by Gasteiger charge is 2.35. The van der Waals surface area contributed by atoms with Crippen LogP contribution in [-0.4, -0.2) is 71.7 Å². The zero-order valence-electron chi connectivity index (χ0n) is 21.1. The molecule has 0 unspecified atom stereocenters. The van der Waals surface area contributed by atoms with Crippen molar-refractivity contribution in [2.45, 2.75) is 38.9 Å². The van der Waals surface area contributed by atoms with E-state index in [1.54, 1.807) is 32.4 Å². The number of hydrogen-bond acceptors (Lipinski definition) is 7. The van der Waals surface area contributed by atoms with E-state index in [4.69, 9.17) is 14.2 Å². The predicted molar refractivity (Wildman–Crippen MR) is 131 cm³/mol. The fraction of sp³-hybridized carbons (Fsp3) is 0.440. The SMILES string of the molecule is COCCN(C(=O)Cn1nnc2ccccc21)[C@@H](C(=O)NC(C)(C)C)c1cc(OC)ccc1OC. The van der Waals surface area contributed by atoms with Gasteiger partial charge in [-0.3, -0.25) is 9.59 Å². The van der Waals surface area contributed by atoms with E-state index in [1.165, 1.54) is 16.7 Å². The molecule has 0 bridgehead atoms. The number of nitrogens with one attached hydrogen (secondary N) is 1. The fourth-order valence-electron chi connectivity index (χ4n) is 3.78. The first-order valence-corrected chi connectivity index (χ1v) is 11.3. The third kappa shape index (κ3) is 6.27. The van der Waals surface area contributed by atoms with Gasteiger partial charge in [-0.2, -0.15) is 0 Å². The van der Waals surface area contributed by atoms with Gasteiger partial charge in [-0.15, -0.1) is 5.10 Å². The van der Waals surface area contributed by atoms with Crippen LogP contribution in [-0.2, 0) is 20.9 Å². The minimum Gasteiger partial charge on any atom is -0.497 e. The van der Waals surface area contributed by atoms with Gasteiger partial charge in [-0.25, -0.2) is 4.68 Å². The molecule has 1 N–H and O–H groups in total. The average Bonchev–Trinajstić information content (AvgIpc) is 3.22. The Morgan fingerprint density at radius 3 is 2.49 bits per heavy atom. The number of nitrogens with zero attached hydrogens (tertiary/aromatic N) is 4. The molecular formula is C25H33N5O5. The zero-order valence-corrected chi connectivity index (χ0v) is 21.1. The van der Waals surface area contributed by atoms with Gasteiger partial charge in [-0.1, -0.05) is 17.3 Å². The Labute approximate surface area is 205 Å².